The highest BCUT2D eigenvalue weighted by Gasteiger charge is 2.27. The predicted octanol–water partition coefficient (Wildman–Crippen LogP) is 1.05. The van der Waals surface area contributed by atoms with Gasteiger partial charge in [-0.25, -0.2) is 0 Å². The minimum Gasteiger partial charge on any atom is -0.508 e. The SMILES string of the molecule is CC1N[C@H](C(=O)O)Cc2cc(O)ccc21. The van der Waals surface area contributed by atoms with Crippen molar-refractivity contribution in [2.24, 2.45) is 0 Å². The molecule has 0 amide bonds. The number of aliphatic carboxylic acids is 1. The van der Waals surface area contributed by atoms with Crippen LogP contribution in [0.15, 0.2) is 18.2 Å². The maximum absolute atomic E-state index is 10.9. The molecule has 1 aromatic rings. The maximum Gasteiger partial charge on any atom is 0.321 e. The Balaban J connectivity index is 2.37. The topological polar surface area (TPSA) is 69.6 Å². The van der Waals surface area contributed by atoms with Crippen LogP contribution in [0.2, 0.25) is 0 Å². The summed E-state index contributed by atoms with van der Waals surface area (Å²) in [5, 5.41) is 21.3. The molecule has 2 rings (SSSR count). The zero-order chi connectivity index (χ0) is 11.0. The van der Waals surface area contributed by atoms with E-state index in [-0.39, 0.29) is 11.8 Å². The van der Waals surface area contributed by atoms with E-state index in [4.69, 9.17) is 5.11 Å². The van der Waals surface area contributed by atoms with E-state index in [1.54, 1.807) is 12.1 Å². The van der Waals surface area contributed by atoms with E-state index in [0.29, 0.717) is 6.42 Å². The molecule has 1 aliphatic rings. The summed E-state index contributed by atoms with van der Waals surface area (Å²) in [5.41, 5.74) is 1.97. The number of carboxylic acids is 1. The summed E-state index contributed by atoms with van der Waals surface area (Å²) in [6.07, 6.45) is 0.420. The summed E-state index contributed by atoms with van der Waals surface area (Å²) in [6, 6.07) is 4.55. The van der Waals surface area contributed by atoms with E-state index < -0.39 is 12.0 Å². The summed E-state index contributed by atoms with van der Waals surface area (Å²) in [6.45, 7) is 1.92. The second-order valence-electron chi connectivity index (χ2n) is 3.87. The Kier molecular flexibility index (Phi) is 2.36. The Morgan fingerprint density at radius 2 is 2.27 bits per heavy atom. The number of nitrogens with one attached hydrogen (secondary N) is 1. The van der Waals surface area contributed by atoms with E-state index >= 15 is 0 Å². The van der Waals surface area contributed by atoms with Gasteiger partial charge in [-0.15, -0.1) is 0 Å². The van der Waals surface area contributed by atoms with Gasteiger partial charge in [-0.1, -0.05) is 6.07 Å². The molecule has 0 aliphatic carbocycles. The number of carbonyl (C=O) groups is 1. The van der Waals surface area contributed by atoms with E-state index in [0.717, 1.165) is 11.1 Å². The van der Waals surface area contributed by atoms with Crippen molar-refractivity contribution in [2.45, 2.75) is 25.4 Å². The summed E-state index contributed by atoms with van der Waals surface area (Å²) in [5.74, 6) is -0.664. The zero-order valence-corrected chi connectivity index (χ0v) is 8.40. The standard InChI is InChI=1S/C11H13NO3/c1-6-9-3-2-8(13)4-7(9)5-10(12-6)11(14)15/h2-4,6,10,12-13H,5H2,1H3,(H,14,15)/t6?,10-/m0/s1. The van der Waals surface area contributed by atoms with Gasteiger partial charge in [-0.05, 0) is 36.6 Å². The first-order chi connectivity index (χ1) is 7.08. The number of rotatable bonds is 1. The lowest BCUT2D eigenvalue weighted by Gasteiger charge is -2.28. The summed E-state index contributed by atoms with van der Waals surface area (Å²) in [7, 11) is 0. The van der Waals surface area contributed by atoms with Crippen molar-refractivity contribution in [3.05, 3.63) is 29.3 Å². The Morgan fingerprint density at radius 3 is 2.93 bits per heavy atom. The molecule has 0 saturated heterocycles. The van der Waals surface area contributed by atoms with Gasteiger partial charge < -0.3 is 10.2 Å². The van der Waals surface area contributed by atoms with Crippen LogP contribution in [0.3, 0.4) is 0 Å². The van der Waals surface area contributed by atoms with Crippen molar-refractivity contribution >= 4 is 5.97 Å². The van der Waals surface area contributed by atoms with E-state index in [9.17, 15) is 9.90 Å². The van der Waals surface area contributed by atoms with Crippen LogP contribution in [-0.2, 0) is 11.2 Å². The molecule has 4 heteroatoms. The summed E-state index contributed by atoms with van der Waals surface area (Å²) >= 11 is 0. The van der Waals surface area contributed by atoms with Crippen molar-refractivity contribution in [2.75, 3.05) is 0 Å². The van der Waals surface area contributed by atoms with Crippen LogP contribution in [0.5, 0.6) is 5.75 Å². The Bertz CT molecular complexity index is 403. The van der Waals surface area contributed by atoms with Crippen molar-refractivity contribution in [3.8, 4) is 5.75 Å². The number of hydrogen-bond acceptors (Lipinski definition) is 3. The average Bonchev–Trinajstić information content (AvgIpc) is 2.16. The third-order valence-electron chi connectivity index (χ3n) is 2.77. The monoisotopic (exact) mass is 207 g/mol. The minimum absolute atomic E-state index is 0.00968. The fourth-order valence-corrected chi connectivity index (χ4v) is 2.02. The molecule has 0 fully saturated rings. The van der Waals surface area contributed by atoms with Crippen molar-refractivity contribution < 1.29 is 15.0 Å². The minimum atomic E-state index is -0.851. The molecule has 1 aliphatic heterocycles. The van der Waals surface area contributed by atoms with Crippen LogP contribution in [0.4, 0.5) is 0 Å². The lowest BCUT2D eigenvalue weighted by Crippen LogP contribution is -2.43. The Labute approximate surface area is 87.6 Å². The normalized spacial score (nSPS) is 24.6. The van der Waals surface area contributed by atoms with Crippen LogP contribution in [0, 0.1) is 0 Å². The summed E-state index contributed by atoms with van der Waals surface area (Å²) < 4.78 is 0. The van der Waals surface area contributed by atoms with Crippen molar-refractivity contribution in [1.82, 2.24) is 5.32 Å². The molecule has 1 unspecified atom stereocenters. The highest BCUT2D eigenvalue weighted by molar-refractivity contribution is 5.74. The third kappa shape index (κ3) is 1.80. The van der Waals surface area contributed by atoms with E-state index in [1.807, 2.05) is 13.0 Å². The molecule has 0 spiro atoms. The fraction of sp³-hybridized carbons (Fsp3) is 0.364. The maximum atomic E-state index is 10.9. The van der Waals surface area contributed by atoms with Gasteiger partial charge in [-0.3, -0.25) is 10.1 Å². The molecule has 3 N–H and O–H groups in total. The van der Waals surface area contributed by atoms with Crippen LogP contribution < -0.4 is 5.32 Å². The van der Waals surface area contributed by atoms with Crippen molar-refractivity contribution in [1.29, 1.82) is 0 Å². The Hall–Kier alpha value is -1.55. The van der Waals surface area contributed by atoms with Gasteiger partial charge in [0.2, 0.25) is 0 Å². The number of hydrogen-bond donors (Lipinski definition) is 3. The zero-order valence-electron chi connectivity index (χ0n) is 8.40. The molecule has 0 radical (unpaired) electrons. The van der Waals surface area contributed by atoms with Gasteiger partial charge in [-0.2, -0.15) is 0 Å². The van der Waals surface area contributed by atoms with Crippen LogP contribution in [0.25, 0.3) is 0 Å². The van der Waals surface area contributed by atoms with Gasteiger partial charge >= 0.3 is 5.97 Å². The largest absolute Gasteiger partial charge is 0.508 e. The Morgan fingerprint density at radius 1 is 1.53 bits per heavy atom. The smallest absolute Gasteiger partial charge is 0.321 e. The van der Waals surface area contributed by atoms with Crippen LogP contribution >= 0.6 is 0 Å². The van der Waals surface area contributed by atoms with Gasteiger partial charge in [0.25, 0.3) is 0 Å². The number of benzene rings is 1. The van der Waals surface area contributed by atoms with E-state index in [2.05, 4.69) is 5.32 Å². The molecular weight excluding hydrogens is 194 g/mol. The molecule has 1 aromatic carbocycles. The molecule has 2 atom stereocenters. The van der Waals surface area contributed by atoms with Gasteiger partial charge in [0.15, 0.2) is 0 Å². The second kappa shape index (κ2) is 3.55. The molecule has 15 heavy (non-hydrogen) atoms. The first-order valence-electron chi connectivity index (χ1n) is 4.88. The number of fused-ring (bicyclic) bond motifs is 1. The average molecular weight is 207 g/mol. The van der Waals surface area contributed by atoms with Crippen LogP contribution in [-0.4, -0.2) is 22.2 Å². The first-order valence-corrected chi connectivity index (χ1v) is 4.88. The molecule has 0 aromatic heterocycles. The highest BCUT2D eigenvalue weighted by Crippen LogP contribution is 2.27. The highest BCUT2D eigenvalue weighted by atomic mass is 16.4. The number of phenolic OH excluding ortho intramolecular Hbond substituents is 1. The second-order valence-corrected chi connectivity index (χ2v) is 3.87. The molecule has 0 saturated carbocycles. The summed E-state index contributed by atoms with van der Waals surface area (Å²) in [4.78, 5) is 10.9. The molecule has 80 valence electrons. The third-order valence-corrected chi connectivity index (χ3v) is 2.77. The molecule has 1 heterocycles. The van der Waals surface area contributed by atoms with Gasteiger partial charge in [0, 0.05) is 6.04 Å². The lowest BCUT2D eigenvalue weighted by molar-refractivity contribution is -0.139. The first kappa shape index (κ1) is 9.98. The van der Waals surface area contributed by atoms with Crippen molar-refractivity contribution in [3.63, 3.8) is 0 Å². The molecular formula is C11H13NO3. The number of carboxylic acid groups (broad SMARTS) is 1. The van der Waals surface area contributed by atoms with E-state index in [1.165, 1.54) is 0 Å². The molecule has 4 nitrogen and oxygen atoms in total. The fourth-order valence-electron chi connectivity index (χ4n) is 2.02. The van der Waals surface area contributed by atoms with Gasteiger partial charge in [0.05, 0.1) is 0 Å². The lowest BCUT2D eigenvalue weighted by atomic mass is 9.91. The molecule has 0 bridgehead atoms. The quantitative estimate of drug-likeness (QED) is 0.643. The predicted molar refractivity (Wildman–Crippen MR) is 54.8 cm³/mol. The number of aromatic hydroxyl groups is 1. The van der Waals surface area contributed by atoms with Crippen LogP contribution in [0.1, 0.15) is 24.1 Å². The van der Waals surface area contributed by atoms with Gasteiger partial charge in [0.1, 0.15) is 11.8 Å². The number of phenols is 1.